The van der Waals surface area contributed by atoms with Crippen molar-refractivity contribution in [1.82, 2.24) is 15.1 Å². The highest BCUT2D eigenvalue weighted by Gasteiger charge is 2.36. The number of hydrogen-bond acceptors (Lipinski definition) is 3. The summed E-state index contributed by atoms with van der Waals surface area (Å²) in [5.74, 6) is -0.764. The summed E-state index contributed by atoms with van der Waals surface area (Å²) in [6.45, 7) is 8.57. The standard InChI is InChI=1S/C14H25N3O2/c1-5-14(13(18)19,15-11(2)3)8-6-9-17-10-7-12(4)16-17/h7,10-11,15H,5-6,8-9H2,1-4H3,(H,18,19). The Bertz CT molecular complexity index is 415. The number of carboxylic acid groups (broad SMARTS) is 1. The number of aromatic nitrogens is 2. The van der Waals surface area contributed by atoms with Gasteiger partial charge < -0.3 is 5.11 Å². The highest BCUT2D eigenvalue weighted by atomic mass is 16.4. The van der Waals surface area contributed by atoms with Crippen LogP contribution in [0, 0.1) is 6.92 Å². The van der Waals surface area contributed by atoms with E-state index in [0.29, 0.717) is 12.8 Å². The van der Waals surface area contributed by atoms with E-state index in [4.69, 9.17) is 0 Å². The van der Waals surface area contributed by atoms with E-state index in [1.807, 2.05) is 44.6 Å². The van der Waals surface area contributed by atoms with Crippen LogP contribution in [0.25, 0.3) is 0 Å². The summed E-state index contributed by atoms with van der Waals surface area (Å²) in [5, 5.41) is 17.0. The van der Waals surface area contributed by atoms with Gasteiger partial charge in [0, 0.05) is 18.8 Å². The monoisotopic (exact) mass is 267 g/mol. The second-order valence-corrected chi connectivity index (χ2v) is 5.36. The average molecular weight is 267 g/mol. The summed E-state index contributed by atoms with van der Waals surface area (Å²) in [5.41, 5.74) is 0.163. The van der Waals surface area contributed by atoms with E-state index in [9.17, 15) is 9.90 Å². The molecule has 19 heavy (non-hydrogen) atoms. The molecule has 1 rings (SSSR count). The summed E-state index contributed by atoms with van der Waals surface area (Å²) in [4.78, 5) is 11.5. The van der Waals surface area contributed by atoms with E-state index < -0.39 is 11.5 Å². The van der Waals surface area contributed by atoms with Crippen LogP contribution < -0.4 is 5.32 Å². The summed E-state index contributed by atoms with van der Waals surface area (Å²) in [6, 6.07) is 2.11. The molecule has 1 aromatic rings. The van der Waals surface area contributed by atoms with Gasteiger partial charge in [0.15, 0.2) is 0 Å². The zero-order valence-corrected chi connectivity index (χ0v) is 12.3. The minimum atomic E-state index is -0.823. The third-order valence-corrected chi connectivity index (χ3v) is 3.34. The van der Waals surface area contributed by atoms with Crippen molar-refractivity contribution in [3.8, 4) is 0 Å². The normalized spacial score (nSPS) is 14.6. The fourth-order valence-electron chi connectivity index (χ4n) is 2.35. The second kappa shape index (κ2) is 6.70. The smallest absolute Gasteiger partial charge is 0.323 e. The Kier molecular flexibility index (Phi) is 5.54. The Hall–Kier alpha value is -1.36. The van der Waals surface area contributed by atoms with Crippen LogP contribution in [0.5, 0.6) is 0 Å². The number of carboxylic acids is 1. The maximum Gasteiger partial charge on any atom is 0.323 e. The molecule has 1 aromatic heterocycles. The minimum absolute atomic E-state index is 0.156. The second-order valence-electron chi connectivity index (χ2n) is 5.36. The van der Waals surface area contributed by atoms with Gasteiger partial charge in [0.1, 0.15) is 5.54 Å². The third kappa shape index (κ3) is 4.35. The molecule has 0 radical (unpaired) electrons. The lowest BCUT2D eigenvalue weighted by atomic mass is 9.89. The van der Waals surface area contributed by atoms with Crippen LogP contribution in [0.4, 0.5) is 0 Å². The Labute approximate surface area is 115 Å². The van der Waals surface area contributed by atoms with Crippen molar-refractivity contribution in [1.29, 1.82) is 0 Å². The van der Waals surface area contributed by atoms with E-state index in [1.54, 1.807) is 0 Å². The molecule has 0 aliphatic heterocycles. The number of carbonyl (C=O) groups is 1. The SMILES string of the molecule is CCC(CCCn1ccc(C)n1)(NC(C)C)C(=O)O. The molecular weight excluding hydrogens is 242 g/mol. The molecule has 1 atom stereocenters. The zero-order valence-electron chi connectivity index (χ0n) is 12.3. The van der Waals surface area contributed by atoms with Crippen LogP contribution in [0.1, 0.15) is 45.7 Å². The number of aryl methyl sites for hydroxylation is 2. The Balaban J connectivity index is 2.60. The largest absolute Gasteiger partial charge is 0.480 e. The number of hydrogen-bond donors (Lipinski definition) is 2. The van der Waals surface area contributed by atoms with Crippen molar-refractivity contribution >= 4 is 5.97 Å². The molecule has 0 amide bonds. The third-order valence-electron chi connectivity index (χ3n) is 3.34. The van der Waals surface area contributed by atoms with E-state index >= 15 is 0 Å². The van der Waals surface area contributed by atoms with Crippen LogP contribution in [0.15, 0.2) is 12.3 Å². The number of aliphatic carboxylic acids is 1. The van der Waals surface area contributed by atoms with E-state index in [1.165, 1.54) is 0 Å². The lowest BCUT2D eigenvalue weighted by Crippen LogP contribution is -2.54. The van der Waals surface area contributed by atoms with Crippen molar-refractivity contribution < 1.29 is 9.90 Å². The fourth-order valence-corrected chi connectivity index (χ4v) is 2.35. The quantitative estimate of drug-likeness (QED) is 0.757. The van der Waals surface area contributed by atoms with Crippen LogP contribution in [-0.4, -0.2) is 32.4 Å². The molecule has 5 nitrogen and oxygen atoms in total. The summed E-state index contributed by atoms with van der Waals surface area (Å²) >= 11 is 0. The first-order chi connectivity index (χ1) is 8.89. The Morgan fingerprint density at radius 3 is 2.68 bits per heavy atom. The summed E-state index contributed by atoms with van der Waals surface area (Å²) in [7, 11) is 0. The van der Waals surface area contributed by atoms with Gasteiger partial charge in [0.2, 0.25) is 0 Å². The average Bonchev–Trinajstić information content (AvgIpc) is 2.73. The molecule has 2 N–H and O–H groups in total. The van der Waals surface area contributed by atoms with Gasteiger partial charge in [-0.1, -0.05) is 6.92 Å². The van der Waals surface area contributed by atoms with Crippen LogP contribution >= 0.6 is 0 Å². The Morgan fingerprint density at radius 2 is 2.26 bits per heavy atom. The first kappa shape index (κ1) is 15.7. The highest BCUT2D eigenvalue weighted by Crippen LogP contribution is 2.19. The van der Waals surface area contributed by atoms with Crippen molar-refractivity contribution in [2.24, 2.45) is 0 Å². The van der Waals surface area contributed by atoms with Crippen molar-refractivity contribution in [3.05, 3.63) is 18.0 Å². The lowest BCUT2D eigenvalue weighted by Gasteiger charge is -2.31. The molecule has 1 heterocycles. The molecule has 0 aliphatic rings. The van der Waals surface area contributed by atoms with Gasteiger partial charge in [0.25, 0.3) is 0 Å². The van der Waals surface area contributed by atoms with Crippen molar-refractivity contribution in [2.45, 2.75) is 65.1 Å². The number of nitrogens with one attached hydrogen (secondary N) is 1. The van der Waals surface area contributed by atoms with Crippen LogP contribution in [0.2, 0.25) is 0 Å². The highest BCUT2D eigenvalue weighted by molar-refractivity contribution is 5.78. The molecule has 0 spiro atoms. The molecule has 0 saturated heterocycles. The summed E-state index contributed by atoms with van der Waals surface area (Å²) < 4.78 is 1.87. The molecular formula is C14H25N3O2. The molecule has 0 fully saturated rings. The molecule has 0 saturated carbocycles. The maximum absolute atomic E-state index is 11.5. The maximum atomic E-state index is 11.5. The Morgan fingerprint density at radius 1 is 1.58 bits per heavy atom. The number of rotatable bonds is 8. The van der Waals surface area contributed by atoms with E-state index in [-0.39, 0.29) is 6.04 Å². The topological polar surface area (TPSA) is 67.2 Å². The lowest BCUT2D eigenvalue weighted by molar-refractivity contribution is -0.145. The van der Waals surface area contributed by atoms with E-state index in [0.717, 1.165) is 18.7 Å². The van der Waals surface area contributed by atoms with Gasteiger partial charge in [0.05, 0.1) is 5.69 Å². The van der Waals surface area contributed by atoms with E-state index in [2.05, 4.69) is 10.4 Å². The van der Waals surface area contributed by atoms with Crippen LogP contribution in [0.3, 0.4) is 0 Å². The minimum Gasteiger partial charge on any atom is -0.480 e. The predicted molar refractivity (Wildman–Crippen MR) is 75.1 cm³/mol. The van der Waals surface area contributed by atoms with Gasteiger partial charge in [-0.25, -0.2) is 0 Å². The molecule has 0 aromatic carbocycles. The molecule has 108 valence electrons. The van der Waals surface area contributed by atoms with Gasteiger partial charge in [-0.2, -0.15) is 5.10 Å². The molecule has 5 heteroatoms. The fraction of sp³-hybridized carbons (Fsp3) is 0.714. The van der Waals surface area contributed by atoms with Gasteiger partial charge >= 0.3 is 5.97 Å². The molecule has 1 unspecified atom stereocenters. The number of nitrogens with zero attached hydrogens (tertiary/aromatic N) is 2. The molecule has 0 aliphatic carbocycles. The first-order valence-corrected chi connectivity index (χ1v) is 6.91. The van der Waals surface area contributed by atoms with Crippen molar-refractivity contribution in [3.63, 3.8) is 0 Å². The van der Waals surface area contributed by atoms with Gasteiger partial charge in [-0.05, 0) is 46.1 Å². The van der Waals surface area contributed by atoms with Gasteiger partial charge in [-0.15, -0.1) is 0 Å². The predicted octanol–water partition coefficient (Wildman–Crippen LogP) is 2.20. The van der Waals surface area contributed by atoms with Gasteiger partial charge in [-0.3, -0.25) is 14.8 Å². The first-order valence-electron chi connectivity index (χ1n) is 6.91. The van der Waals surface area contributed by atoms with Crippen molar-refractivity contribution in [2.75, 3.05) is 0 Å². The summed E-state index contributed by atoms with van der Waals surface area (Å²) in [6.07, 6.45) is 3.91. The van der Waals surface area contributed by atoms with Crippen LogP contribution in [-0.2, 0) is 11.3 Å². The molecule has 0 bridgehead atoms. The zero-order chi connectivity index (χ0) is 14.5.